The molecule has 0 spiro atoms. The summed E-state index contributed by atoms with van der Waals surface area (Å²) in [6, 6.07) is 7.58. The van der Waals surface area contributed by atoms with Gasteiger partial charge in [0.15, 0.2) is 6.61 Å². The molecule has 1 aromatic carbocycles. The Hall–Kier alpha value is -2.22. The van der Waals surface area contributed by atoms with Gasteiger partial charge < -0.3 is 14.4 Å². The van der Waals surface area contributed by atoms with Gasteiger partial charge in [0.1, 0.15) is 11.2 Å². The average Bonchev–Trinajstić information content (AvgIpc) is 3.10. The molecule has 1 saturated heterocycles. The predicted molar refractivity (Wildman–Crippen MR) is 110 cm³/mol. The smallest absolute Gasteiger partial charge is 0.260 e. The van der Waals surface area contributed by atoms with Crippen molar-refractivity contribution in [2.75, 3.05) is 19.7 Å². The van der Waals surface area contributed by atoms with Crippen LogP contribution in [0.1, 0.15) is 13.8 Å². The lowest BCUT2D eigenvalue weighted by Gasteiger charge is -2.35. The Morgan fingerprint density at radius 1 is 1.25 bits per heavy atom. The zero-order valence-corrected chi connectivity index (χ0v) is 17.2. The van der Waals surface area contributed by atoms with E-state index in [1.54, 1.807) is 4.90 Å². The van der Waals surface area contributed by atoms with E-state index in [4.69, 9.17) is 21.1 Å². The highest BCUT2D eigenvalue weighted by atomic mass is 35.5. The number of morpholine rings is 1. The third-order valence-corrected chi connectivity index (χ3v) is 5.73. The number of amides is 1. The summed E-state index contributed by atoms with van der Waals surface area (Å²) in [5.74, 6) is 0.343. The van der Waals surface area contributed by atoms with Crippen molar-refractivity contribution in [2.45, 2.75) is 26.1 Å². The first-order valence-electron chi connectivity index (χ1n) is 9.05. The summed E-state index contributed by atoms with van der Waals surface area (Å²) < 4.78 is 11.5. The van der Waals surface area contributed by atoms with Gasteiger partial charge in [0.2, 0.25) is 5.88 Å². The van der Waals surface area contributed by atoms with Crippen LogP contribution in [0.4, 0.5) is 0 Å². The monoisotopic (exact) mass is 417 g/mol. The van der Waals surface area contributed by atoms with E-state index >= 15 is 0 Å². The molecule has 4 rings (SSSR count). The highest BCUT2D eigenvalue weighted by molar-refractivity contribution is 7.17. The van der Waals surface area contributed by atoms with Gasteiger partial charge in [-0.15, -0.1) is 11.3 Å². The van der Waals surface area contributed by atoms with Crippen molar-refractivity contribution in [2.24, 2.45) is 0 Å². The second-order valence-corrected chi connectivity index (χ2v) is 8.15. The van der Waals surface area contributed by atoms with Gasteiger partial charge in [-0.25, -0.2) is 9.97 Å². The third kappa shape index (κ3) is 3.97. The molecule has 146 valence electrons. The molecule has 2 atom stereocenters. The molecule has 1 fully saturated rings. The normalized spacial score (nSPS) is 19.8. The van der Waals surface area contributed by atoms with Crippen molar-refractivity contribution < 1.29 is 14.3 Å². The number of benzene rings is 1. The molecule has 0 radical (unpaired) electrons. The second kappa shape index (κ2) is 8.03. The van der Waals surface area contributed by atoms with Crippen LogP contribution in [0, 0.1) is 0 Å². The van der Waals surface area contributed by atoms with E-state index in [1.165, 1.54) is 17.7 Å². The van der Waals surface area contributed by atoms with Gasteiger partial charge in [0.05, 0.1) is 17.6 Å². The molecular formula is C20H20ClN3O3S. The van der Waals surface area contributed by atoms with Crippen molar-refractivity contribution in [3.8, 4) is 17.0 Å². The fourth-order valence-corrected chi connectivity index (χ4v) is 4.43. The molecule has 0 saturated carbocycles. The van der Waals surface area contributed by atoms with E-state index in [-0.39, 0.29) is 24.7 Å². The minimum absolute atomic E-state index is 0.0202. The number of fused-ring (bicyclic) bond motifs is 1. The first-order chi connectivity index (χ1) is 13.5. The standard InChI is InChI=1S/C20H20ClN3O3S/c1-12-7-24(8-13(2)27-12)17(25)9-26-19-18-16(10-28-20(18)23-11-22-19)14-3-5-15(21)6-4-14/h3-6,10-13H,7-9H2,1-2H3/t12-,13+. The molecule has 0 unspecified atom stereocenters. The molecule has 0 aliphatic carbocycles. The zero-order chi connectivity index (χ0) is 19.7. The third-order valence-electron chi connectivity index (χ3n) is 4.60. The van der Waals surface area contributed by atoms with E-state index in [2.05, 4.69) is 9.97 Å². The lowest BCUT2D eigenvalue weighted by Crippen LogP contribution is -2.49. The number of rotatable bonds is 4. The van der Waals surface area contributed by atoms with E-state index in [0.29, 0.717) is 24.0 Å². The molecule has 6 nitrogen and oxygen atoms in total. The number of aromatic nitrogens is 2. The minimum atomic E-state index is -0.0722. The van der Waals surface area contributed by atoms with Crippen LogP contribution in [-0.2, 0) is 9.53 Å². The van der Waals surface area contributed by atoms with E-state index in [0.717, 1.165) is 21.3 Å². The number of carbonyl (C=O) groups excluding carboxylic acids is 1. The van der Waals surface area contributed by atoms with E-state index in [1.807, 2.05) is 43.5 Å². The molecule has 2 aromatic heterocycles. The molecule has 0 bridgehead atoms. The van der Waals surface area contributed by atoms with Gasteiger partial charge in [-0.2, -0.15) is 0 Å². The molecule has 28 heavy (non-hydrogen) atoms. The van der Waals surface area contributed by atoms with Crippen LogP contribution in [0.3, 0.4) is 0 Å². The number of ether oxygens (including phenoxy) is 2. The first-order valence-corrected chi connectivity index (χ1v) is 10.3. The van der Waals surface area contributed by atoms with Crippen LogP contribution in [0.5, 0.6) is 5.88 Å². The summed E-state index contributed by atoms with van der Waals surface area (Å²) in [4.78, 5) is 23.8. The number of hydrogen-bond acceptors (Lipinski definition) is 6. The summed E-state index contributed by atoms with van der Waals surface area (Å²) in [6.07, 6.45) is 1.50. The molecule has 1 aliphatic rings. The Labute approximate surface area is 172 Å². The number of halogens is 1. The number of carbonyl (C=O) groups is 1. The van der Waals surface area contributed by atoms with Gasteiger partial charge in [-0.3, -0.25) is 4.79 Å². The largest absolute Gasteiger partial charge is 0.467 e. The van der Waals surface area contributed by atoms with Gasteiger partial charge in [0, 0.05) is 29.1 Å². The maximum Gasteiger partial charge on any atom is 0.260 e. The van der Waals surface area contributed by atoms with Gasteiger partial charge >= 0.3 is 0 Å². The summed E-state index contributed by atoms with van der Waals surface area (Å²) in [6.45, 7) is 5.00. The molecule has 1 amide bonds. The molecule has 3 aromatic rings. The van der Waals surface area contributed by atoms with Crippen LogP contribution >= 0.6 is 22.9 Å². The highest BCUT2D eigenvalue weighted by Crippen LogP contribution is 2.37. The Morgan fingerprint density at radius 2 is 1.96 bits per heavy atom. The lowest BCUT2D eigenvalue weighted by atomic mass is 10.1. The van der Waals surface area contributed by atoms with Gasteiger partial charge in [-0.1, -0.05) is 23.7 Å². The van der Waals surface area contributed by atoms with Crippen molar-refractivity contribution in [3.63, 3.8) is 0 Å². The number of hydrogen-bond donors (Lipinski definition) is 0. The average molecular weight is 418 g/mol. The minimum Gasteiger partial charge on any atom is -0.467 e. The quantitative estimate of drug-likeness (QED) is 0.641. The Kier molecular flexibility index (Phi) is 5.48. The topological polar surface area (TPSA) is 64.6 Å². The van der Waals surface area contributed by atoms with E-state index in [9.17, 15) is 4.79 Å². The highest BCUT2D eigenvalue weighted by Gasteiger charge is 2.26. The van der Waals surface area contributed by atoms with Crippen molar-refractivity contribution >= 4 is 39.1 Å². The molecule has 3 heterocycles. The van der Waals surface area contributed by atoms with Crippen LogP contribution in [0.2, 0.25) is 5.02 Å². The number of nitrogens with zero attached hydrogens (tertiary/aromatic N) is 3. The van der Waals surface area contributed by atoms with Gasteiger partial charge in [-0.05, 0) is 31.5 Å². The van der Waals surface area contributed by atoms with Gasteiger partial charge in [0.25, 0.3) is 5.91 Å². The fraction of sp³-hybridized carbons (Fsp3) is 0.350. The predicted octanol–water partition coefficient (Wildman–Crippen LogP) is 4.03. The molecular weight excluding hydrogens is 398 g/mol. The second-order valence-electron chi connectivity index (χ2n) is 6.86. The molecule has 1 aliphatic heterocycles. The van der Waals surface area contributed by atoms with Crippen LogP contribution in [0.25, 0.3) is 21.3 Å². The lowest BCUT2D eigenvalue weighted by molar-refractivity contribution is -0.145. The molecule has 0 N–H and O–H groups in total. The van der Waals surface area contributed by atoms with Crippen molar-refractivity contribution in [1.29, 1.82) is 0 Å². The van der Waals surface area contributed by atoms with Crippen LogP contribution in [-0.4, -0.2) is 52.7 Å². The number of thiophene rings is 1. The first kappa shape index (κ1) is 19.1. The van der Waals surface area contributed by atoms with Crippen LogP contribution in [0.15, 0.2) is 36.0 Å². The molecule has 8 heteroatoms. The van der Waals surface area contributed by atoms with E-state index < -0.39 is 0 Å². The summed E-state index contributed by atoms with van der Waals surface area (Å²) in [7, 11) is 0. The Balaban J connectivity index is 1.56. The maximum absolute atomic E-state index is 12.6. The fourth-order valence-electron chi connectivity index (χ4n) is 3.40. The van der Waals surface area contributed by atoms with Crippen LogP contribution < -0.4 is 4.74 Å². The zero-order valence-electron chi connectivity index (χ0n) is 15.6. The Morgan fingerprint density at radius 3 is 2.68 bits per heavy atom. The van der Waals surface area contributed by atoms with Crippen molar-refractivity contribution in [3.05, 3.63) is 41.0 Å². The maximum atomic E-state index is 12.6. The van der Waals surface area contributed by atoms with Crippen molar-refractivity contribution in [1.82, 2.24) is 14.9 Å². The summed E-state index contributed by atoms with van der Waals surface area (Å²) >= 11 is 7.52. The summed E-state index contributed by atoms with van der Waals surface area (Å²) in [5, 5.41) is 3.50. The SMILES string of the molecule is C[C@@H]1CN(C(=O)COc2ncnc3scc(-c4ccc(Cl)cc4)c23)C[C@H](C)O1. The summed E-state index contributed by atoms with van der Waals surface area (Å²) in [5.41, 5.74) is 1.96. The Bertz CT molecular complexity index is 982.